The summed E-state index contributed by atoms with van der Waals surface area (Å²) in [6.07, 6.45) is 0.0470. The highest BCUT2D eigenvalue weighted by Crippen LogP contribution is 2.30. The number of fused-ring (bicyclic) bond motifs is 1. The van der Waals surface area contributed by atoms with E-state index >= 15 is 0 Å². The smallest absolute Gasteiger partial charge is 0.247 e. The van der Waals surface area contributed by atoms with E-state index in [0.717, 1.165) is 28.3 Å². The minimum Gasteiger partial charge on any atom is -0.494 e. The van der Waals surface area contributed by atoms with Crippen LogP contribution in [0.4, 0.5) is 17.1 Å². The molecule has 0 spiro atoms. The number of nitrogens with one attached hydrogen (secondary N) is 3. The molecule has 0 unspecified atom stereocenters. The van der Waals surface area contributed by atoms with E-state index in [9.17, 15) is 9.59 Å². The molecule has 0 fully saturated rings. The van der Waals surface area contributed by atoms with Crippen molar-refractivity contribution in [1.82, 2.24) is 0 Å². The highest BCUT2D eigenvalue weighted by atomic mass is 16.5. The van der Waals surface area contributed by atoms with E-state index in [1.54, 1.807) is 24.3 Å². The third-order valence-corrected chi connectivity index (χ3v) is 4.38. The van der Waals surface area contributed by atoms with Gasteiger partial charge in [-0.3, -0.25) is 9.59 Å². The fourth-order valence-electron chi connectivity index (χ4n) is 2.85. The van der Waals surface area contributed by atoms with Gasteiger partial charge < -0.3 is 20.7 Å². The number of carbonyl (C=O) groups excluding carboxylic acids is 2. The molecule has 0 aromatic heterocycles. The van der Waals surface area contributed by atoms with Crippen LogP contribution in [0.2, 0.25) is 0 Å². The Morgan fingerprint density at radius 1 is 1.12 bits per heavy atom. The summed E-state index contributed by atoms with van der Waals surface area (Å²) in [4.78, 5) is 24.6. The Morgan fingerprint density at radius 2 is 1.77 bits per heavy atom. The molecule has 1 heterocycles. The largest absolute Gasteiger partial charge is 0.494 e. The van der Waals surface area contributed by atoms with Crippen molar-refractivity contribution < 1.29 is 14.3 Å². The topological polar surface area (TPSA) is 79.5 Å². The molecular weight excluding hydrogens is 330 g/mol. The molecular formula is C20H23N3O3. The standard InChI is InChI=1S/C20H23N3O3/c1-4-26-15-7-5-14(6-8-15)21-19(24)11-18-20(25)23-17-10-13(3)12(2)9-16(17)22-18/h5-10,18,22H,4,11H2,1-3H3,(H,21,24)(H,23,25)/t18-/m1/s1. The van der Waals surface area contributed by atoms with Gasteiger partial charge in [-0.2, -0.15) is 0 Å². The second-order valence-corrected chi connectivity index (χ2v) is 6.38. The first-order chi connectivity index (χ1) is 12.5. The molecule has 0 bridgehead atoms. The maximum atomic E-state index is 12.3. The fraction of sp³-hybridized carbons (Fsp3) is 0.300. The molecule has 6 nitrogen and oxygen atoms in total. The molecule has 3 rings (SSSR count). The number of ether oxygens (including phenoxy) is 1. The summed E-state index contributed by atoms with van der Waals surface area (Å²) in [5.41, 5.74) is 4.50. The van der Waals surface area contributed by atoms with Gasteiger partial charge in [0.25, 0.3) is 0 Å². The van der Waals surface area contributed by atoms with Crippen LogP contribution < -0.4 is 20.7 Å². The van der Waals surface area contributed by atoms with Gasteiger partial charge >= 0.3 is 0 Å². The van der Waals surface area contributed by atoms with Crippen molar-refractivity contribution >= 4 is 28.9 Å². The third-order valence-electron chi connectivity index (χ3n) is 4.38. The summed E-state index contributed by atoms with van der Waals surface area (Å²) >= 11 is 0. The molecule has 6 heteroatoms. The summed E-state index contributed by atoms with van der Waals surface area (Å²) in [6.45, 7) is 6.52. The van der Waals surface area contributed by atoms with E-state index in [1.165, 1.54) is 0 Å². The second kappa shape index (κ2) is 7.47. The average molecular weight is 353 g/mol. The quantitative estimate of drug-likeness (QED) is 0.769. The van der Waals surface area contributed by atoms with Crippen molar-refractivity contribution in [2.24, 2.45) is 0 Å². The van der Waals surface area contributed by atoms with Crippen LogP contribution in [0.3, 0.4) is 0 Å². The number of benzene rings is 2. The Kier molecular flexibility index (Phi) is 5.11. The molecule has 0 saturated heterocycles. The maximum absolute atomic E-state index is 12.3. The van der Waals surface area contributed by atoms with Crippen molar-refractivity contribution in [3.63, 3.8) is 0 Å². The van der Waals surface area contributed by atoms with Crippen LogP contribution in [-0.4, -0.2) is 24.5 Å². The first-order valence-electron chi connectivity index (χ1n) is 8.67. The lowest BCUT2D eigenvalue weighted by atomic mass is 10.0. The lowest BCUT2D eigenvalue weighted by Crippen LogP contribution is -2.41. The zero-order valence-electron chi connectivity index (χ0n) is 15.2. The lowest BCUT2D eigenvalue weighted by Gasteiger charge is -2.27. The number of amides is 2. The Morgan fingerprint density at radius 3 is 2.42 bits per heavy atom. The Labute approximate surface area is 152 Å². The number of aryl methyl sites for hydroxylation is 2. The molecule has 3 N–H and O–H groups in total. The van der Waals surface area contributed by atoms with E-state index in [4.69, 9.17) is 4.74 Å². The molecule has 136 valence electrons. The maximum Gasteiger partial charge on any atom is 0.247 e. The molecule has 1 aliphatic rings. The van der Waals surface area contributed by atoms with Gasteiger partial charge in [0.2, 0.25) is 11.8 Å². The van der Waals surface area contributed by atoms with Crippen LogP contribution in [0.1, 0.15) is 24.5 Å². The van der Waals surface area contributed by atoms with Crippen LogP contribution in [0.25, 0.3) is 0 Å². The van der Waals surface area contributed by atoms with Gasteiger partial charge in [-0.05, 0) is 68.3 Å². The van der Waals surface area contributed by atoms with Gasteiger partial charge in [-0.15, -0.1) is 0 Å². The van der Waals surface area contributed by atoms with Crippen LogP contribution in [-0.2, 0) is 9.59 Å². The third kappa shape index (κ3) is 3.96. The molecule has 0 aliphatic carbocycles. The molecule has 2 aromatic rings. The van der Waals surface area contributed by atoms with Crippen molar-refractivity contribution in [1.29, 1.82) is 0 Å². The predicted molar refractivity (Wildman–Crippen MR) is 103 cm³/mol. The van der Waals surface area contributed by atoms with Crippen molar-refractivity contribution in [2.75, 3.05) is 22.6 Å². The molecule has 1 aliphatic heterocycles. The highest BCUT2D eigenvalue weighted by Gasteiger charge is 2.27. The highest BCUT2D eigenvalue weighted by molar-refractivity contribution is 6.06. The van der Waals surface area contributed by atoms with Crippen molar-refractivity contribution in [3.05, 3.63) is 47.5 Å². The summed E-state index contributed by atoms with van der Waals surface area (Å²) < 4.78 is 5.38. The Bertz CT molecular complexity index is 831. The van der Waals surface area contributed by atoms with Crippen LogP contribution in [0.15, 0.2) is 36.4 Å². The van der Waals surface area contributed by atoms with Gasteiger partial charge in [0, 0.05) is 5.69 Å². The van der Waals surface area contributed by atoms with Gasteiger partial charge in [0.05, 0.1) is 24.4 Å². The predicted octanol–water partition coefficient (Wildman–Crippen LogP) is 3.46. The van der Waals surface area contributed by atoms with Gasteiger partial charge in [0.15, 0.2) is 0 Å². The monoisotopic (exact) mass is 353 g/mol. The van der Waals surface area contributed by atoms with Crippen LogP contribution >= 0.6 is 0 Å². The molecule has 2 aromatic carbocycles. The molecule has 2 amide bonds. The number of rotatable bonds is 5. The number of hydrogen-bond acceptors (Lipinski definition) is 4. The Hall–Kier alpha value is -3.02. The Balaban J connectivity index is 1.63. The lowest BCUT2D eigenvalue weighted by molar-refractivity contribution is -0.122. The number of carbonyl (C=O) groups is 2. The first-order valence-corrected chi connectivity index (χ1v) is 8.67. The second-order valence-electron chi connectivity index (χ2n) is 6.38. The normalized spacial score (nSPS) is 15.5. The van der Waals surface area contributed by atoms with E-state index in [0.29, 0.717) is 12.3 Å². The first kappa shape index (κ1) is 17.8. The number of anilines is 3. The summed E-state index contributed by atoms with van der Waals surface area (Å²) in [7, 11) is 0. The summed E-state index contributed by atoms with van der Waals surface area (Å²) in [6, 6.07) is 10.5. The van der Waals surface area contributed by atoms with E-state index in [-0.39, 0.29) is 18.2 Å². The minimum absolute atomic E-state index is 0.0470. The van der Waals surface area contributed by atoms with Gasteiger partial charge in [0.1, 0.15) is 11.8 Å². The average Bonchev–Trinajstić information content (AvgIpc) is 2.59. The van der Waals surface area contributed by atoms with E-state index < -0.39 is 6.04 Å². The van der Waals surface area contributed by atoms with Gasteiger partial charge in [-0.25, -0.2) is 0 Å². The van der Waals surface area contributed by atoms with E-state index in [1.807, 2.05) is 32.9 Å². The molecule has 0 saturated carbocycles. The molecule has 1 atom stereocenters. The zero-order valence-corrected chi connectivity index (χ0v) is 15.2. The van der Waals surface area contributed by atoms with Crippen LogP contribution in [0.5, 0.6) is 5.75 Å². The van der Waals surface area contributed by atoms with Crippen molar-refractivity contribution in [3.8, 4) is 5.75 Å². The zero-order chi connectivity index (χ0) is 18.7. The molecule has 0 radical (unpaired) electrons. The van der Waals surface area contributed by atoms with Crippen molar-refractivity contribution in [2.45, 2.75) is 33.2 Å². The van der Waals surface area contributed by atoms with Crippen LogP contribution in [0, 0.1) is 13.8 Å². The summed E-state index contributed by atoms with van der Waals surface area (Å²) in [5, 5.41) is 8.84. The summed E-state index contributed by atoms with van der Waals surface area (Å²) in [5.74, 6) is 0.317. The van der Waals surface area contributed by atoms with Gasteiger partial charge in [-0.1, -0.05) is 0 Å². The SMILES string of the molecule is CCOc1ccc(NC(=O)C[C@H]2Nc3cc(C)c(C)cc3NC2=O)cc1. The minimum atomic E-state index is -0.604. The number of hydrogen-bond donors (Lipinski definition) is 3. The fourth-order valence-corrected chi connectivity index (χ4v) is 2.85. The molecule has 26 heavy (non-hydrogen) atoms. The van der Waals surface area contributed by atoms with E-state index in [2.05, 4.69) is 16.0 Å².